The van der Waals surface area contributed by atoms with E-state index < -0.39 is 0 Å². The molecule has 0 fully saturated rings. The molecule has 8 aromatic rings. The Morgan fingerprint density at radius 1 is 0.569 bits per heavy atom. The molecule has 7 aromatic carbocycles. The molecule has 0 aliphatic heterocycles. The van der Waals surface area contributed by atoms with E-state index in [1.54, 1.807) is 0 Å². The Morgan fingerprint density at radius 2 is 1.14 bits per heavy atom. The number of hydrogen-bond donors (Lipinski definition) is 0. The van der Waals surface area contributed by atoms with Crippen LogP contribution in [0.1, 0.15) is 18.9 Å². The molecule has 51 heavy (non-hydrogen) atoms. The third-order valence-electron chi connectivity index (χ3n) is 10.3. The first-order valence-electron chi connectivity index (χ1n) is 17.2. The minimum Gasteiger partial charge on any atom is -0.456 e. The van der Waals surface area contributed by atoms with Gasteiger partial charge in [0.05, 0.1) is 6.04 Å². The number of fused-ring (bicyclic) bond motifs is 5. The van der Waals surface area contributed by atoms with Gasteiger partial charge in [0, 0.05) is 39.2 Å². The van der Waals surface area contributed by atoms with Crippen molar-refractivity contribution < 1.29 is 13.2 Å². The van der Waals surface area contributed by atoms with Crippen LogP contribution in [0.2, 0.25) is 0 Å². The lowest BCUT2D eigenvalue weighted by Gasteiger charge is -2.35. The van der Waals surface area contributed by atoms with Crippen LogP contribution in [0.25, 0.3) is 44.4 Å². The fourth-order valence-electron chi connectivity index (χ4n) is 7.74. The van der Waals surface area contributed by atoms with Crippen molar-refractivity contribution in [2.45, 2.75) is 26.3 Å². The van der Waals surface area contributed by atoms with Crippen molar-refractivity contribution in [2.75, 3.05) is 9.80 Å². The van der Waals surface area contributed by atoms with E-state index in [9.17, 15) is 8.78 Å². The van der Waals surface area contributed by atoms with Crippen LogP contribution in [0.4, 0.5) is 37.2 Å². The maximum absolute atomic E-state index is 14.0. The number of para-hydroxylation sites is 2. The molecule has 1 heterocycles. The lowest BCUT2D eigenvalue weighted by Crippen LogP contribution is -2.41. The van der Waals surface area contributed by atoms with Gasteiger partial charge in [-0.05, 0) is 156 Å². The van der Waals surface area contributed by atoms with Crippen molar-refractivity contribution in [1.29, 1.82) is 0 Å². The topological polar surface area (TPSA) is 19.6 Å². The summed E-state index contributed by atoms with van der Waals surface area (Å²) in [5, 5.41) is 6.74. The molecular weight excluding hydrogens is 635 g/mol. The minimum absolute atomic E-state index is 0.0458. The fourth-order valence-corrected chi connectivity index (χ4v) is 7.74. The Hall–Kier alpha value is -6.20. The molecule has 0 radical (unpaired) electrons. The summed E-state index contributed by atoms with van der Waals surface area (Å²) in [5.74, 6) is -0.515. The lowest BCUT2D eigenvalue weighted by molar-refractivity contribution is 0.627. The number of anilines is 5. The van der Waals surface area contributed by atoms with Crippen molar-refractivity contribution in [3.63, 3.8) is 0 Å². The first-order valence-corrected chi connectivity index (χ1v) is 17.2. The normalized spacial score (nSPS) is 14.1. The summed E-state index contributed by atoms with van der Waals surface area (Å²) in [6.07, 6.45) is 3.12. The van der Waals surface area contributed by atoms with Gasteiger partial charge < -0.3 is 14.2 Å². The molecule has 3 nitrogen and oxygen atoms in total. The summed E-state index contributed by atoms with van der Waals surface area (Å²) >= 11 is 0. The first kappa shape index (κ1) is 30.8. The number of hydrogen-bond acceptors (Lipinski definition) is 3. The highest BCUT2D eigenvalue weighted by molar-refractivity contribution is 6.11. The molecule has 1 unspecified atom stereocenters. The van der Waals surface area contributed by atoms with Crippen molar-refractivity contribution in [2.24, 2.45) is 0 Å². The maximum Gasteiger partial charge on any atom is 0.136 e. The highest BCUT2D eigenvalue weighted by Gasteiger charge is 2.25. The third-order valence-corrected chi connectivity index (χ3v) is 10.3. The monoisotopic (exact) mass is 668 g/mol. The predicted octanol–water partition coefficient (Wildman–Crippen LogP) is 11.4. The molecular formula is C46H34F2N2O. The van der Waals surface area contributed by atoms with E-state index in [0.29, 0.717) is 0 Å². The van der Waals surface area contributed by atoms with Crippen molar-refractivity contribution in [3.05, 3.63) is 173 Å². The summed E-state index contributed by atoms with van der Waals surface area (Å²) in [6, 6.07) is 47.0. The van der Waals surface area contributed by atoms with Gasteiger partial charge in [-0.2, -0.15) is 0 Å². The van der Waals surface area contributed by atoms with Gasteiger partial charge in [0.2, 0.25) is 0 Å². The third kappa shape index (κ3) is 5.33. The van der Waals surface area contributed by atoms with Crippen LogP contribution in [0, 0.1) is 18.6 Å². The highest BCUT2D eigenvalue weighted by atomic mass is 19.1. The zero-order valence-electron chi connectivity index (χ0n) is 28.3. The van der Waals surface area contributed by atoms with Crippen LogP contribution in [0.3, 0.4) is 0 Å². The molecule has 0 bridgehead atoms. The van der Waals surface area contributed by atoms with Gasteiger partial charge in [0.15, 0.2) is 0 Å². The van der Waals surface area contributed by atoms with Crippen LogP contribution >= 0.6 is 0 Å². The molecule has 0 saturated heterocycles. The predicted molar refractivity (Wildman–Crippen MR) is 207 cm³/mol. The minimum atomic E-state index is -0.265. The molecule has 0 spiro atoms. The number of aryl methyl sites for hydroxylation is 1. The van der Waals surface area contributed by atoms with Gasteiger partial charge in [-0.25, -0.2) is 8.78 Å². The summed E-state index contributed by atoms with van der Waals surface area (Å²) in [4.78, 5) is 4.47. The molecule has 1 aliphatic rings. The second-order valence-electron chi connectivity index (χ2n) is 13.3. The second-order valence-corrected chi connectivity index (χ2v) is 13.3. The van der Waals surface area contributed by atoms with Gasteiger partial charge in [-0.3, -0.25) is 0 Å². The quantitative estimate of drug-likeness (QED) is 0.176. The number of furan rings is 1. The zero-order chi connectivity index (χ0) is 34.6. The molecule has 0 amide bonds. The van der Waals surface area contributed by atoms with Gasteiger partial charge in [-0.15, -0.1) is 0 Å². The largest absolute Gasteiger partial charge is 0.456 e. The molecule has 248 valence electrons. The highest BCUT2D eigenvalue weighted by Crippen LogP contribution is 2.41. The first-order chi connectivity index (χ1) is 24.9. The van der Waals surface area contributed by atoms with E-state index >= 15 is 0 Å². The Kier molecular flexibility index (Phi) is 7.43. The van der Waals surface area contributed by atoms with E-state index in [2.05, 4.69) is 90.4 Å². The number of halogens is 2. The molecule has 9 rings (SSSR count). The van der Waals surface area contributed by atoms with Crippen molar-refractivity contribution in [3.8, 4) is 0 Å². The maximum atomic E-state index is 14.0. The Balaban J connectivity index is 1.18. The van der Waals surface area contributed by atoms with Gasteiger partial charge >= 0.3 is 0 Å². The average Bonchev–Trinajstić information content (AvgIpc) is 3.51. The summed E-state index contributed by atoms with van der Waals surface area (Å²) in [5.41, 5.74) is 8.90. The van der Waals surface area contributed by atoms with Crippen LogP contribution in [0.15, 0.2) is 150 Å². The van der Waals surface area contributed by atoms with E-state index in [-0.39, 0.29) is 17.7 Å². The molecule has 1 aliphatic carbocycles. The van der Waals surface area contributed by atoms with E-state index in [0.717, 1.165) is 78.4 Å². The summed E-state index contributed by atoms with van der Waals surface area (Å²) in [7, 11) is 0. The molecule has 5 heteroatoms. The SMILES string of the molecule is CC1=c2cc3oc4cc5c(C)c(N(c6ccccc6)c6ccc(F)cc6)ccc5cc4c3cc2=CCC1N(c1ccccc1)c1ccc(F)cc1. The standard InChI is InChI=1S/C46H34F2N2O/c1-29-39-27-45-41(25-31(39)13-23-43(29)49(35-9-5-3-6-10-35)37-19-15-33(47)16-20-37)42-26-32-14-24-44(30(2)40(32)28-46(42)51-45)50(36-11-7-4-8-12-36)38-21-17-34(48)18-22-38/h3-23,25-28,44H,24H2,1-2H3. The Bertz CT molecular complexity index is 2700. The molecule has 1 aromatic heterocycles. The van der Waals surface area contributed by atoms with E-state index in [4.69, 9.17) is 4.42 Å². The van der Waals surface area contributed by atoms with Crippen LogP contribution < -0.4 is 20.2 Å². The van der Waals surface area contributed by atoms with Gasteiger partial charge in [-0.1, -0.05) is 48.5 Å². The number of rotatable bonds is 6. The van der Waals surface area contributed by atoms with E-state index in [1.165, 1.54) is 35.1 Å². The van der Waals surface area contributed by atoms with Gasteiger partial charge in [0.25, 0.3) is 0 Å². The van der Waals surface area contributed by atoms with Crippen LogP contribution in [-0.2, 0) is 0 Å². The summed E-state index contributed by atoms with van der Waals surface area (Å²) in [6.45, 7) is 4.33. The molecule has 0 N–H and O–H groups in total. The average molecular weight is 669 g/mol. The van der Waals surface area contributed by atoms with Gasteiger partial charge in [0.1, 0.15) is 22.8 Å². The molecule has 1 atom stereocenters. The lowest BCUT2D eigenvalue weighted by atomic mass is 9.92. The fraction of sp³-hybridized carbons (Fsp3) is 0.0870. The Morgan fingerprint density at radius 3 is 1.82 bits per heavy atom. The zero-order valence-corrected chi connectivity index (χ0v) is 28.3. The Labute approximate surface area is 294 Å². The van der Waals surface area contributed by atoms with Crippen molar-refractivity contribution >= 4 is 72.8 Å². The van der Waals surface area contributed by atoms with Crippen molar-refractivity contribution in [1.82, 2.24) is 0 Å². The summed E-state index contributed by atoms with van der Waals surface area (Å²) < 4.78 is 34.6. The van der Waals surface area contributed by atoms with Crippen LogP contribution in [0.5, 0.6) is 0 Å². The smallest absolute Gasteiger partial charge is 0.136 e. The second kappa shape index (κ2) is 12.3. The van der Waals surface area contributed by atoms with E-state index in [1.807, 2.05) is 60.7 Å². The molecule has 0 saturated carbocycles. The number of benzene rings is 7. The van der Waals surface area contributed by atoms with Crippen LogP contribution in [-0.4, -0.2) is 6.04 Å². The number of nitrogens with zero attached hydrogens (tertiary/aromatic N) is 2.